The Morgan fingerprint density at radius 1 is 1.10 bits per heavy atom. The van der Waals surface area contributed by atoms with Crippen molar-refractivity contribution >= 4 is 10.0 Å². The number of rotatable bonds is 3. The molecule has 0 bridgehead atoms. The standard InChI is InChI=1S/C16H25NO3S/c1-11-9-15(20-5)16(10-12(11)2)21(18,19)17-13(3)7-6-8-14(17)4/h9-10,13-14H,6-8H2,1-5H3/t13-,14+. The van der Waals surface area contributed by atoms with Gasteiger partial charge in [-0.2, -0.15) is 4.31 Å². The number of hydrogen-bond donors (Lipinski definition) is 0. The Morgan fingerprint density at radius 2 is 1.62 bits per heavy atom. The number of aryl methyl sites for hydroxylation is 2. The predicted octanol–water partition coefficient (Wildman–Crippen LogP) is 3.26. The lowest BCUT2D eigenvalue weighted by Gasteiger charge is -2.38. The van der Waals surface area contributed by atoms with Crippen LogP contribution < -0.4 is 4.74 Å². The summed E-state index contributed by atoms with van der Waals surface area (Å²) >= 11 is 0. The highest BCUT2D eigenvalue weighted by Crippen LogP contribution is 2.34. The van der Waals surface area contributed by atoms with Crippen LogP contribution in [0.4, 0.5) is 0 Å². The van der Waals surface area contributed by atoms with Crippen molar-refractivity contribution in [3.8, 4) is 5.75 Å². The summed E-state index contributed by atoms with van der Waals surface area (Å²) < 4.78 is 33.2. The average molecular weight is 311 g/mol. The number of sulfonamides is 1. The van der Waals surface area contributed by atoms with Gasteiger partial charge in [0.05, 0.1) is 7.11 Å². The van der Waals surface area contributed by atoms with Gasteiger partial charge in [-0.05, 0) is 63.8 Å². The number of hydrogen-bond acceptors (Lipinski definition) is 3. The monoisotopic (exact) mass is 311 g/mol. The van der Waals surface area contributed by atoms with E-state index in [2.05, 4.69) is 0 Å². The van der Waals surface area contributed by atoms with E-state index in [1.54, 1.807) is 10.4 Å². The summed E-state index contributed by atoms with van der Waals surface area (Å²) in [5.74, 6) is 0.433. The zero-order valence-electron chi connectivity index (χ0n) is 13.5. The molecule has 118 valence electrons. The van der Waals surface area contributed by atoms with Crippen molar-refractivity contribution in [2.24, 2.45) is 0 Å². The van der Waals surface area contributed by atoms with Crippen LogP contribution in [-0.4, -0.2) is 31.9 Å². The van der Waals surface area contributed by atoms with Gasteiger partial charge in [-0.15, -0.1) is 0 Å². The zero-order chi connectivity index (χ0) is 15.8. The summed E-state index contributed by atoms with van der Waals surface area (Å²) in [6, 6.07) is 3.61. The second-order valence-corrected chi connectivity index (χ2v) is 7.86. The third-order valence-corrected chi connectivity index (χ3v) is 6.60. The SMILES string of the molecule is COc1cc(C)c(C)cc1S(=O)(=O)N1[C@H](C)CCC[C@@H]1C. The first-order chi connectivity index (χ1) is 9.78. The van der Waals surface area contributed by atoms with E-state index < -0.39 is 10.0 Å². The Morgan fingerprint density at radius 3 is 2.14 bits per heavy atom. The maximum absolute atomic E-state index is 13.1. The molecule has 1 aliphatic rings. The van der Waals surface area contributed by atoms with Gasteiger partial charge in [0.15, 0.2) is 0 Å². The molecular weight excluding hydrogens is 286 g/mol. The fraction of sp³-hybridized carbons (Fsp3) is 0.625. The normalized spacial score (nSPS) is 24.0. The zero-order valence-corrected chi connectivity index (χ0v) is 14.3. The van der Waals surface area contributed by atoms with Crippen LogP contribution in [0.15, 0.2) is 17.0 Å². The fourth-order valence-electron chi connectivity index (χ4n) is 3.11. The fourth-order valence-corrected chi connectivity index (χ4v) is 5.22. The van der Waals surface area contributed by atoms with Crippen molar-refractivity contribution in [3.63, 3.8) is 0 Å². The minimum Gasteiger partial charge on any atom is -0.495 e. The van der Waals surface area contributed by atoms with Gasteiger partial charge in [0.1, 0.15) is 10.6 Å². The van der Waals surface area contributed by atoms with Crippen LogP contribution in [0.25, 0.3) is 0 Å². The highest BCUT2D eigenvalue weighted by Gasteiger charge is 2.37. The molecule has 1 aromatic rings. The lowest BCUT2D eigenvalue weighted by Crippen LogP contribution is -2.47. The quantitative estimate of drug-likeness (QED) is 0.861. The number of nitrogens with zero attached hydrogens (tertiary/aromatic N) is 1. The van der Waals surface area contributed by atoms with Gasteiger partial charge < -0.3 is 4.74 Å². The van der Waals surface area contributed by atoms with E-state index in [1.165, 1.54) is 7.11 Å². The molecule has 1 heterocycles. The molecule has 0 aromatic heterocycles. The topological polar surface area (TPSA) is 46.6 Å². The summed E-state index contributed by atoms with van der Waals surface area (Å²) in [5.41, 5.74) is 2.00. The Bertz CT molecular complexity index is 615. The summed E-state index contributed by atoms with van der Waals surface area (Å²) in [6.45, 7) is 7.86. The van der Waals surface area contributed by atoms with Gasteiger partial charge in [0.25, 0.3) is 0 Å². The molecule has 4 nitrogen and oxygen atoms in total. The van der Waals surface area contributed by atoms with Crippen LogP contribution >= 0.6 is 0 Å². The Kier molecular flexibility index (Phi) is 4.63. The summed E-state index contributed by atoms with van der Waals surface area (Å²) in [7, 11) is -2.01. The molecular formula is C16H25NO3S. The maximum Gasteiger partial charge on any atom is 0.247 e. The van der Waals surface area contributed by atoms with Crippen LogP contribution in [0, 0.1) is 13.8 Å². The van der Waals surface area contributed by atoms with Crippen molar-refractivity contribution in [1.82, 2.24) is 4.31 Å². The first-order valence-corrected chi connectivity index (χ1v) is 8.91. The summed E-state index contributed by atoms with van der Waals surface area (Å²) in [4.78, 5) is 0.286. The first kappa shape index (κ1) is 16.3. The molecule has 0 unspecified atom stereocenters. The second kappa shape index (κ2) is 5.97. The van der Waals surface area contributed by atoms with E-state index in [9.17, 15) is 8.42 Å². The smallest absolute Gasteiger partial charge is 0.247 e. The largest absolute Gasteiger partial charge is 0.495 e. The third kappa shape index (κ3) is 2.94. The van der Waals surface area contributed by atoms with Crippen LogP contribution in [0.1, 0.15) is 44.2 Å². The first-order valence-electron chi connectivity index (χ1n) is 7.47. The Labute approximate surface area is 128 Å². The van der Waals surface area contributed by atoms with Gasteiger partial charge >= 0.3 is 0 Å². The van der Waals surface area contributed by atoms with Crippen LogP contribution in [0.5, 0.6) is 5.75 Å². The highest BCUT2D eigenvalue weighted by atomic mass is 32.2. The molecule has 5 heteroatoms. The van der Waals surface area contributed by atoms with E-state index in [4.69, 9.17) is 4.74 Å². The van der Waals surface area contributed by atoms with Crippen molar-refractivity contribution in [3.05, 3.63) is 23.3 Å². The molecule has 1 aromatic carbocycles. The second-order valence-electron chi connectivity index (χ2n) is 6.05. The summed E-state index contributed by atoms with van der Waals surface area (Å²) in [6.07, 6.45) is 2.91. The van der Waals surface area contributed by atoms with E-state index in [0.717, 1.165) is 30.4 Å². The Hall–Kier alpha value is -1.07. The Balaban J connectivity index is 2.55. The molecule has 21 heavy (non-hydrogen) atoms. The van der Waals surface area contributed by atoms with Crippen molar-refractivity contribution in [2.45, 2.75) is 63.9 Å². The molecule has 0 aliphatic carbocycles. The van der Waals surface area contributed by atoms with E-state index >= 15 is 0 Å². The maximum atomic E-state index is 13.1. The van der Waals surface area contributed by atoms with Crippen LogP contribution in [0.2, 0.25) is 0 Å². The van der Waals surface area contributed by atoms with E-state index in [0.29, 0.717) is 5.75 Å². The van der Waals surface area contributed by atoms with E-state index in [1.807, 2.05) is 33.8 Å². The summed E-state index contributed by atoms with van der Waals surface area (Å²) in [5, 5.41) is 0. The van der Waals surface area contributed by atoms with Crippen molar-refractivity contribution in [2.75, 3.05) is 7.11 Å². The van der Waals surface area contributed by atoms with Crippen molar-refractivity contribution in [1.29, 1.82) is 0 Å². The molecule has 0 N–H and O–H groups in total. The number of ether oxygens (including phenoxy) is 1. The molecule has 2 atom stereocenters. The van der Waals surface area contributed by atoms with Crippen LogP contribution in [0.3, 0.4) is 0 Å². The van der Waals surface area contributed by atoms with E-state index in [-0.39, 0.29) is 17.0 Å². The molecule has 0 amide bonds. The minimum atomic E-state index is -3.53. The number of methoxy groups -OCH3 is 1. The highest BCUT2D eigenvalue weighted by molar-refractivity contribution is 7.89. The molecule has 0 saturated carbocycles. The van der Waals surface area contributed by atoms with Gasteiger partial charge in [0, 0.05) is 12.1 Å². The van der Waals surface area contributed by atoms with Gasteiger partial charge in [-0.25, -0.2) is 8.42 Å². The van der Waals surface area contributed by atoms with Gasteiger partial charge in [0.2, 0.25) is 10.0 Å². The molecule has 1 aliphatic heterocycles. The number of piperidine rings is 1. The van der Waals surface area contributed by atoms with Gasteiger partial charge in [-0.1, -0.05) is 6.42 Å². The average Bonchev–Trinajstić information content (AvgIpc) is 2.40. The minimum absolute atomic E-state index is 0.0325. The molecule has 0 spiro atoms. The molecule has 2 rings (SSSR count). The molecule has 1 fully saturated rings. The lowest BCUT2D eigenvalue weighted by molar-refractivity contribution is 0.203. The van der Waals surface area contributed by atoms with Gasteiger partial charge in [-0.3, -0.25) is 0 Å². The lowest BCUT2D eigenvalue weighted by atomic mass is 10.0. The third-order valence-electron chi connectivity index (χ3n) is 4.45. The van der Waals surface area contributed by atoms with Crippen molar-refractivity contribution < 1.29 is 13.2 Å². The van der Waals surface area contributed by atoms with Crippen LogP contribution in [-0.2, 0) is 10.0 Å². The number of benzene rings is 1. The predicted molar refractivity (Wildman–Crippen MR) is 84.3 cm³/mol. The molecule has 1 saturated heterocycles. The molecule has 0 radical (unpaired) electrons.